The highest BCUT2D eigenvalue weighted by Gasteiger charge is 2.44. The third-order valence-electron chi connectivity index (χ3n) is 3.18. The van der Waals surface area contributed by atoms with E-state index in [0.717, 1.165) is 11.8 Å². The van der Waals surface area contributed by atoms with Crippen molar-refractivity contribution >= 4 is 35.0 Å². The molecule has 1 heterocycles. The molecule has 7 nitrogen and oxygen atoms in total. The number of rotatable bonds is 4. The lowest BCUT2D eigenvalue weighted by Gasteiger charge is -2.40. The van der Waals surface area contributed by atoms with Crippen molar-refractivity contribution in [2.75, 3.05) is 6.61 Å². The van der Waals surface area contributed by atoms with Crippen molar-refractivity contribution in [3.8, 4) is 0 Å². The van der Waals surface area contributed by atoms with E-state index in [2.05, 4.69) is 10.0 Å². The van der Waals surface area contributed by atoms with Gasteiger partial charge < -0.3 is 20.1 Å². The van der Waals surface area contributed by atoms with Gasteiger partial charge in [0.15, 0.2) is 0 Å². The molecule has 0 aromatic heterocycles. The summed E-state index contributed by atoms with van der Waals surface area (Å²) in [5.74, 6) is 0. The largest absolute Gasteiger partial charge is 0.394 e. The zero-order valence-electron chi connectivity index (χ0n) is 11.1. The summed E-state index contributed by atoms with van der Waals surface area (Å²) < 4.78 is 5.46. The fourth-order valence-electron chi connectivity index (χ4n) is 2.05. The minimum absolute atomic E-state index is 0.349. The molecule has 0 aliphatic carbocycles. The van der Waals surface area contributed by atoms with Crippen LogP contribution in [0.25, 0.3) is 10.4 Å². The number of nitrogens with zero attached hydrogens (tertiary/aromatic N) is 3. The lowest BCUT2D eigenvalue weighted by molar-refractivity contribution is -0.159. The number of aliphatic hydroxyl groups excluding tert-OH is 3. The fourth-order valence-corrected chi connectivity index (χ4v) is 3.51. The van der Waals surface area contributed by atoms with E-state index < -0.39 is 36.4 Å². The second-order valence-electron chi connectivity index (χ2n) is 4.60. The third-order valence-corrected chi connectivity index (χ3v) is 5.06. The maximum Gasteiger partial charge on any atom is 0.134 e. The van der Waals surface area contributed by atoms with Gasteiger partial charge in [-0.15, -0.1) is 0 Å². The van der Waals surface area contributed by atoms with Crippen LogP contribution >= 0.6 is 35.0 Å². The summed E-state index contributed by atoms with van der Waals surface area (Å²) in [4.78, 5) is 3.29. The monoisotopic (exact) mass is 365 g/mol. The molecule has 1 saturated heterocycles. The standard InChI is InChI=1S/C12H13Cl2N3O4S/c13-6-2-1-5(3-7(6)14)22-12-11(20)9(16-17-15)10(19)8(4-18)21-12/h1-3,8-12,18-20H,4H2/t8?,9-,10-,11?,12+/m0/s1. The Morgan fingerprint density at radius 3 is 2.59 bits per heavy atom. The topological polar surface area (TPSA) is 119 Å². The first-order valence-corrected chi connectivity index (χ1v) is 7.90. The number of aliphatic hydroxyl groups is 3. The van der Waals surface area contributed by atoms with Crippen LogP contribution in [0.1, 0.15) is 0 Å². The molecule has 120 valence electrons. The van der Waals surface area contributed by atoms with Gasteiger partial charge in [0.25, 0.3) is 0 Å². The van der Waals surface area contributed by atoms with Crippen LogP contribution in [0.4, 0.5) is 0 Å². The van der Waals surface area contributed by atoms with E-state index in [9.17, 15) is 15.3 Å². The molecule has 1 aromatic rings. The lowest BCUT2D eigenvalue weighted by atomic mass is 9.98. The zero-order chi connectivity index (χ0) is 16.3. The average Bonchev–Trinajstić information content (AvgIpc) is 2.50. The van der Waals surface area contributed by atoms with E-state index in [1.54, 1.807) is 18.2 Å². The van der Waals surface area contributed by atoms with E-state index in [0.29, 0.717) is 14.9 Å². The molecule has 1 aliphatic heterocycles. The first kappa shape index (κ1) is 17.7. The maximum absolute atomic E-state index is 10.2. The van der Waals surface area contributed by atoms with Gasteiger partial charge in [0.2, 0.25) is 0 Å². The third kappa shape index (κ3) is 3.79. The fraction of sp³-hybridized carbons (Fsp3) is 0.500. The lowest BCUT2D eigenvalue weighted by Crippen LogP contribution is -2.56. The smallest absolute Gasteiger partial charge is 0.134 e. The SMILES string of the molecule is [N-]=[N+]=N[C@@H]1C(O)[C@@H](Sc2ccc(Cl)c(Cl)c2)OC(CO)[C@@H]1O. The van der Waals surface area contributed by atoms with Crippen LogP contribution in [-0.2, 0) is 4.74 Å². The number of benzene rings is 1. The number of halogens is 2. The molecule has 22 heavy (non-hydrogen) atoms. The zero-order valence-corrected chi connectivity index (χ0v) is 13.4. The van der Waals surface area contributed by atoms with Crippen molar-refractivity contribution in [2.24, 2.45) is 5.11 Å². The molecule has 0 saturated carbocycles. The van der Waals surface area contributed by atoms with Crippen LogP contribution in [0.3, 0.4) is 0 Å². The van der Waals surface area contributed by atoms with Crippen LogP contribution in [0.5, 0.6) is 0 Å². The summed E-state index contributed by atoms with van der Waals surface area (Å²) in [7, 11) is 0. The van der Waals surface area contributed by atoms with Crippen molar-refractivity contribution in [2.45, 2.75) is 34.7 Å². The molecule has 3 N–H and O–H groups in total. The van der Waals surface area contributed by atoms with E-state index in [1.807, 2.05) is 0 Å². The Labute approximate surface area is 140 Å². The van der Waals surface area contributed by atoms with Gasteiger partial charge in [-0.3, -0.25) is 0 Å². The van der Waals surface area contributed by atoms with Gasteiger partial charge in [0.1, 0.15) is 17.6 Å². The summed E-state index contributed by atoms with van der Waals surface area (Å²) in [5, 5.41) is 33.5. The van der Waals surface area contributed by atoms with Crippen LogP contribution < -0.4 is 0 Å². The van der Waals surface area contributed by atoms with Gasteiger partial charge in [-0.2, -0.15) is 0 Å². The van der Waals surface area contributed by atoms with Gasteiger partial charge in [0.05, 0.1) is 28.8 Å². The number of ether oxygens (including phenoxy) is 1. The summed E-state index contributed by atoms with van der Waals surface area (Å²) in [6.07, 6.45) is -3.49. The highest BCUT2D eigenvalue weighted by Crippen LogP contribution is 2.36. The van der Waals surface area contributed by atoms with Gasteiger partial charge in [-0.1, -0.05) is 40.1 Å². The summed E-state index contributed by atoms with van der Waals surface area (Å²) in [6.45, 7) is -0.468. The van der Waals surface area contributed by atoms with Crippen LogP contribution in [0, 0.1) is 0 Å². The van der Waals surface area contributed by atoms with E-state index in [-0.39, 0.29) is 0 Å². The summed E-state index contributed by atoms with van der Waals surface area (Å²) >= 11 is 12.9. The minimum Gasteiger partial charge on any atom is -0.394 e. The second kappa shape index (κ2) is 7.72. The van der Waals surface area contributed by atoms with E-state index in [1.165, 1.54) is 0 Å². The molecular formula is C12H13Cl2N3O4S. The molecule has 0 radical (unpaired) electrons. The Bertz CT molecular complexity index is 587. The predicted molar refractivity (Wildman–Crippen MR) is 83.0 cm³/mol. The number of hydrogen-bond acceptors (Lipinski definition) is 6. The molecule has 1 aromatic carbocycles. The Morgan fingerprint density at radius 1 is 1.27 bits per heavy atom. The van der Waals surface area contributed by atoms with Crippen molar-refractivity contribution in [1.82, 2.24) is 0 Å². The molecule has 2 unspecified atom stereocenters. The highest BCUT2D eigenvalue weighted by molar-refractivity contribution is 7.99. The van der Waals surface area contributed by atoms with Gasteiger partial charge >= 0.3 is 0 Å². The van der Waals surface area contributed by atoms with Crippen LogP contribution in [0.15, 0.2) is 28.2 Å². The molecule has 1 fully saturated rings. The Morgan fingerprint density at radius 2 is 2.00 bits per heavy atom. The molecule has 0 spiro atoms. The molecule has 0 amide bonds. The Hall–Kier alpha value is -0.700. The highest BCUT2D eigenvalue weighted by atomic mass is 35.5. The summed E-state index contributed by atoms with van der Waals surface area (Å²) in [5.41, 5.74) is 7.71. The predicted octanol–water partition coefficient (Wildman–Crippen LogP) is 2.20. The van der Waals surface area contributed by atoms with Crippen molar-refractivity contribution in [3.63, 3.8) is 0 Å². The molecule has 2 rings (SSSR count). The van der Waals surface area contributed by atoms with Gasteiger partial charge in [-0.25, -0.2) is 0 Å². The number of thioether (sulfide) groups is 1. The Balaban J connectivity index is 2.21. The summed E-state index contributed by atoms with van der Waals surface area (Å²) in [6, 6.07) is 3.78. The quantitative estimate of drug-likeness (QED) is 0.429. The first-order valence-electron chi connectivity index (χ1n) is 6.26. The maximum atomic E-state index is 10.2. The number of azide groups is 1. The van der Waals surface area contributed by atoms with Crippen LogP contribution in [0.2, 0.25) is 10.0 Å². The normalized spacial score (nSPS) is 31.6. The van der Waals surface area contributed by atoms with Crippen molar-refractivity contribution in [1.29, 1.82) is 0 Å². The van der Waals surface area contributed by atoms with Crippen molar-refractivity contribution in [3.05, 3.63) is 38.7 Å². The minimum atomic E-state index is -1.29. The molecular weight excluding hydrogens is 353 g/mol. The molecule has 5 atom stereocenters. The second-order valence-corrected chi connectivity index (χ2v) is 6.58. The van der Waals surface area contributed by atoms with Crippen LogP contribution in [-0.4, -0.2) is 51.7 Å². The Kier molecular flexibility index (Phi) is 6.19. The van der Waals surface area contributed by atoms with Gasteiger partial charge in [-0.05, 0) is 23.7 Å². The van der Waals surface area contributed by atoms with E-state index in [4.69, 9.17) is 33.5 Å². The van der Waals surface area contributed by atoms with Crippen molar-refractivity contribution < 1.29 is 20.1 Å². The van der Waals surface area contributed by atoms with Gasteiger partial charge in [0, 0.05) is 9.81 Å². The first-order chi connectivity index (χ1) is 10.5. The number of hydrogen-bond donors (Lipinski definition) is 3. The molecule has 0 bridgehead atoms. The average molecular weight is 366 g/mol. The molecule has 10 heteroatoms. The van der Waals surface area contributed by atoms with E-state index >= 15 is 0 Å². The molecule has 1 aliphatic rings.